The molecular weight excluding hydrogens is 675 g/mol. The summed E-state index contributed by atoms with van der Waals surface area (Å²) >= 11 is 0. The molecule has 278 valence electrons. The van der Waals surface area contributed by atoms with Crippen LogP contribution in [0.2, 0.25) is 0 Å². The second-order valence-corrected chi connectivity index (χ2v) is 13.4. The Bertz CT molecular complexity index is 1780. The molecule has 0 saturated carbocycles. The Morgan fingerprint density at radius 2 is 1.69 bits per heavy atom. The van der Waals surface area contributed by atoms with Gasteiger partial charge in [-0.2, -0.15) is 18.3 Å². The van der Waals surface area contributed by atoms with Crippen molar-refractivity contribution in [1.82, 2.24) is 20.0 Å². The van der Waals surface area contributed by atoms with Gasteiger partial charge in [-0.25, -0.2) is 13.5 Å². The maximum absolute atomic E-state index is 16.1. The number of ether oxygens (including phenoxy) is 2. The summed E-state index contributed by atoms with van der Waals surface area (Å²) in [7, 11) is 1.46. The van der Waals surface area contributed by atoms with Crippen molar-refractivity contribution in [3.8, 4) is 16.9 Å². The van der Waals surface area contributed by atoms with E-state index >= 15 is 4.39 Å². The van der Waals surface area contributed by atoms with Crippen LogP contribution < -0.4 is 15.6 Å². The lowest BCUT2D eigenvalue weighted by Crippen LogP contribution is -2.49. The van der Waals surface area contributed by atoms with E-state index in [-0.39, 0.29) is 24.5 Å². The molecule has 51 heavy (non-hydrogen) atoms. The summed E-state index contributed by atoms with van der Waals surface area (Å²) in [5.74, 6) is -3.07. The Kier molecular flexibility index (Phi) is 12.6. The number of aryl methyl sites for hydroxylation is 3. The lowest BCUT2D eigenvalue weighted by atomic mass is 9.89. The number of carbonyl (C=O) groups excluding carboxylic acids is 2. The average Bonchev–Trinajstić information content (AvgIpc) is 3.01. The van der Waals surface area contributed by atoms with Crippen LogP contribution in [0.5, 0.6) is 5.75 Å². The number of hydrogen-bond donors (Lipinski definition) is 1. The SMILES string of the molecule is CCOC(=O)C[C@H](NC(=O)[C@H](CC(C)C)n1nc(CCN2CC(F)C2)c(C)cc1=O)c1cc(-c2c(C)cc(OC)cc2C)cc(C(F)(F)F)c1F. The third kappa shape index (κ3) is 9.52. The number of nitrogens with one attached hydrogen (secondary N) is 1. The maximum Gasteiger partial charge on any atom is 0.419 e. The van der Waals surface area contributed by atoms with Gasteiger partial charge in [-0.3, -0.25) is 19.3 Å². The fourth-order valence-electron chi connectivity index (χ4n) is 6.42. The van der Waals surface area contributed by atoms with Crippen molar-refractivity contribution in [2.75, 3.05) is 33.4 Å². The fourth-order valence-corrected chi connectivity index (χ4v) is 6.42. The summed E-state index contributed by atoms with van der Waals surface area (Å²) in [6.07, 6.45) is -6.25. The van der Waals surface area contributed by atoms with Gasteiger partial charge in [0.25, 0.3) is 5.56 Å². The zero-order valence-corrected chi connectivity index (χ0v) is 29.9. The zero-order chi connectivity index (χ0) is 37.8. The van der Waals surface area contributed by atoms with Gasteiger partial charge in [-0.15, -0.1) is 0 Å². The molecule has 0 aliphatic carbocycles. The number of amides is 1. The highest BCUT2D eigenvalue weighted by atomic mass is 19.4. The molecule has 1 aromatic heterocycles. The quantitative estimate of drug-likeness (QED) is 0.148. The van der Waals surface area contributed by atoms with Crippen LogP contribution in [0, 0.1) is 32.5 Å². The Hall–Kier alpha value is -4.33. The van der Waals surface area contributed by atoms with E-state index in [1.54, 1.807) is 32.9 Å². The second-order valence-electron chi connectivity index (χ2n) is 13.4. The molecule has 0 radical (unpaired) electrons. The predicted molar refractivity (Wildman–Crippen MR) is 182 cm³/mol. The first kappa shape index (κ1) is 39.5. The van der Waals surface area contributed by atoms with Gasteiger partial charge in [0.05, 0.1) is 37.4 Å². The van der Waals surface area contributed by atoms with Crippen molar-refractivity contribution in [3.05, 3.63) is 80.0 Å². The van der Waals surface area contributed by atoms with Crippen molar-refractivity contribution < 1.29 is 41.0 Å². The first-order valence-electron chi connectivity index (χ1n) is 16.9. The smallest absolute Gasteiger partial charge is 0.419 e. The Morgan fingerprint density at radius 3 is 2.24 bits per heavy atom. The highest BCUT2D eigenvalue weighted by Crippen LogP contribution is 2.40. The standard InChI is InChI=1S/C37H45F5N4O5/c1-8-51-33(48)17-30(27-15-24(16-28(35(27)39)37(40,41)42)34-22(5)12-26(50-7)13-23(34)6)43-36(49)31(11-20(2)3)46-32(47)14-21(4)29(44-46)9-10-45-18-25(38)19-45/h12-16,20,25,30-31H,8-11,17-19H2,1-7H3,(H,43,49)/t30-,31-/m0/s1. The van der Waals surface area contributed by atoms with Crippen LogP contribution in [0.15, 0.2) is 35.1 Å². The minimum atomic E-state index is -5.13. The zero-order valence-electron chi connectivity index (χ0n) is 29.9. The number of rotatable bonds is 14. The van der Waals surface area contributed by atoms with Gasteiger partial charge in [0.15, 0.2) is 0 Å². The van der Waals surface area contributed by atoms with Crippen molar-refractivity contribution >= 4 is 11.9 Å². The monoisotopic (exact) mass is 720 g/mol. The lowest BCUT2D eigenvalue weighted by molar-refractivity contribution is -0.144. The second kappa shape index (κ2) is 16.3. The van der Waals surface area contributed by atoms with Crippen LogP contribution in [-0.2, 0) is 26.9 Å². The largest absolute Gasteiger partial charge is 0.497 e. The molecule has 1 aliphatic rings. The van der Waals surface area contributed by atoms with E-state index in [0.717, 1.165) is 4.68 Å². The molecule has 1 aliphatic heterocycles. The third-order valence-corrected chi connectivity index (χ3v) is 8.92. The molecule has 0 spiro atoms. The van der Waals surface area contributed by atoms with E-state index in [0.29, 0.717) is 65.8 Å². The van der Waals surface area contributed by atoms with Crippen LogP contribution >= 0.6 is 0 Å². The Morgan fingerprint density at radius 1 is 1.04 bits per heavy atom. The number of carbonyl (C=O) groups is 2. The molecule has 1 N–H and O–H groups in total. The fraction of sp³-hybridized carbons (Fsp3) is 0.514. The molecule has 2 atom stereocenters. The third-order valence-electron chi connectivity index (χ3n) is 8.92. The number of likely N-dealkylation sites (tertiary alicyclic amines) is 1. The lowest BCUT2D eigenvalue weighted by Gasteiger charge is -2.34. The van der Waals surface area contributed by atoms with Gasteiger partial charge in [0.2, 0.25) is 5.91 Å². The summed E-state index contributed by atoms with van der Waals surface area (Å²) in [5, 5.41) is 7.11. The Labute approximate surface area is 294 Å². The summed E-state index contributed by atoms with van der Waals surface area (Å²) in [4.78, 5) is 42.2. The molecule has 2 aromatic carbocycles. The van der Waals surface area contributed by atoms with Crippen LogP contribution in [0.4, 0.5) is 22.0 Å². The number of hydrogen-bond acceptors (Lipinski definition) is 7. The predicted octanol–water partition coefficient (Wildman–Crippen LogP) is 6.60. The first-order chi connectivity index (χ1) is 23.9. The highest BCUT2D eigenvalue weighted by Gasteiger charge is 2.38. The maximum atomic E-state index is 16.1. The van der Waals surface area contributed by atoms with Crippen molar-refractivity contribution in [1.29, 1.82) is 0 Å². The Balaban J connectivity index is 1.82. The molecule has 14 heteroatoms. The van der Waals surface area contributed by atoms with Gasteiger partial charge in [0, 0.05) is 37.7 Å². The molecule has 9 nitrogen and oxygen atoms in total. The van der Waals surface area contributed by atoms with Crippen LogP contribution in [0.1, 0.15) is 79.2 Å². The van der Waals surface area contributed by atoms with Gasteiger partial charge in [-0.1, -0.05) is 13.8 Å². The number of methoxy groups -OCH3 is 1. The van der Waals surface area contributed by atoms with Gasteiger partial charge < -0.3 is 14.8 Å². The van der Waals surface area contributed by atoms with Crippen LogP contribution in [0.3, 0.4) is 0 Å². The van der Waals surface area contributed by atoms with Gasteiger partial charge >= 0.3 is 12.1 Å². The summed E-state index contributed by atoms with van der Waals surface area (Å²) in [6.45, 7) is 11.2. The van der Waals surface area contributed by atoms with E-state index in [9.17, 15) is 31.9 Å². The average molecular weight is 721 g/mol. The normalized spacial score (nSPS) is 15.0. The molecule has 0 bridgehead atoms. The van der Waals surface area contributed by atoms with E-state index in [4.69, 9.17) is 9.47 Å². The molecule has 2 heterocycles. The van der Waals surface area contributed by atoms with Crippen molar-refractivity contribution in [2.24, 2.45) is 5.92 Å². The minimum absolute atomic E-state index is 0.0144. The van der Waals surface area contributed by atoms with E-state index in [2.05, 4.69) is 10.4 Å². The van der Waals surface area contributed by atoms with Crippen molar-refractivity contribution in [3.63, 3.8) is 0 Å². The first-order valence-corrected chi connectivity index (χ1v) is 16.9. The molecule has 1 saturated heterocycles. The van der Waals surface area contributed by atoms with Crippen LogP contribution in [0.25, 0.3) is 11.1 Å². The number of nitrogens with zero attached hydrogens (tertiary/aromatic N) is 3. The number of esters is 1. The number of aromatic nitrogens is 2. The highest BCUT2D eigenvalue weighted by molar-refractivity contribution is 5.82. The van der Waals surface area contributed by atoms with E-state index in [1.807, 2.05) is 18.7 Å². The number of alkyl halides is 4. The molecule has 1 amide bonds. The molecular formula is C37H45F5N4O5. The van der Waals surface area contributed by atoms with Gasteiger partial charge in [-0.05, 0) is 92.1 Å². The topological polar surface area (TPSA) is 103 Å². The summed E-state index contributed by atoms with van der Waals surface area (Å²) in [6, 6.07) is 3.62. The minimum Gasteiger partial charge on any atom is -0.497 e. The number of benzene rings is 2. The van der Waals surface area contributed by atoms with Crippen molar-refractivity contribution in [2.45, 2.75) is 85.2 Å². The summed E-state index contributed by atoms with van der Waals surface area (Å²) in [5.41, 5.74) is -0.131. The summed E-state index contributed by atoms with van der Waals surface area (Å²) < 4.78 is 84.1. The van der Waals surface area contributed by atoms with E-state index < -0.39 is 65.2 Å². The molecule has 3 aromatic rings. The molecule has 1 fully saturated rings. The molecule has 0 unspecified atom stereocenters. The van der Waals surface area contributed by atoms with E-state index in [1.165, 1.54) is 26.2 Å². The number of halogens is 5. The molecule has 4 rings (SSSR count). The van der Waals surface area contributed by atoms with Gasteiger partial charge in [0.1, 0.15) is 23.8 Å². The van der Waals surface area contributed by atoms with Crippen LogP contribution in [-0.4, -0.2) is 66.1 Å².